The molecule has 43 heavy (non-hydrogen) atoms. The van der Waals surface area contributed by atoms with Crippen LogP contribution in [0.2, 0.25) is 0 Å². The second-order valence-electron chi connectivity index (χ2n) is 13.9. The van der Waals surface area contributed by atoms with Gasteiger partial charge in [-0.2, -0.15) is 12.6 Å². The van der Waals surface area contributed by atoms with E-state index in [-0.39, 0.29) is 18.5 Å². The number of nitrogens with zero attached hydrogens (tertiary/aromatic N) is 2. The van der Waals surface area contributed by atoms with Crippen LogP contribution in [0.3, 0.4) is 0 Å². The maximum absolute atomic E-state index is 11.6. The molecule has 0 radical (unpaired) electrons. The molecule has 2 N–H and O–H groups in total. The highest BCUT2D eigenvalue weighted by Crippen LogP contribution is 2.49. The van der Waals surface area contributed by atoms with Gasteiger partial charge in [0.05, 0.1) is 29.7 Å². The van der Waals surface area contributed by atoms with Crippen molar-refractivity contribution >= 4 is 38.3 Å². The summed E-state index contributed by atoms with van der Waals surface area (Å²) in [5.41, 5.74) is 0. The van der Waals surface area contributed by atoms with Crippen LogP contribution in [-0.4, -0.2) is 85.1 Å². The Labute approximate surface area is 264 Å². The van der Waals surface area contributed by atoms with Gasteiger partial charge in [-0.05, 0) is 80.9 Å². The van der Waals surface area contributed by atoms with Gasteiger partial charge in [-0.25, -0.2) is 4.58 Å². The van der Waals surface area contributed by atoms with Crippen LogP contribution >= 0.6 is 11.8 Å². The van der Waals surface area contributed by atoms with Crippen LogP contribution in [0.15, 0.2) is 12.0 Å². The lowest BCUT2D eigenvalue weighted by Crippen LogP contribution is -2.46. The number of thioether (sulfide) groups is 1. The van der Waals surface area contributed by atoms with E-state index in [0.29, 0.717) is 49.2 Å². The van der Waals surface area contributed by atoms with Crippen molar-refractivity contribution in [3.8, 4) is 0 Å². The normalized spacial score (nSPS) is 36.7. The molecule has 9 nitrogen and oxygen atoms in total. The van der Waals surface area contributed by atoms with Crippen LogP contribution in [-0.2, 0) is 30.4 Å². The molecule has 0 aromatic rings. The third-order valence-corrected chi connectivity index (χ3v) is 14.0. The van der Waals surface area contributed by atoms with Crippen molar-refractivity contribution in [2.75, 3.05) is 25.4 Å². The molecule has 6 aliphatic rings. The average molecular weight is 660 g/mol. The summed E-state index contributed by atoms with van der Waals surface area (Å²) in [5.74, 6) is 3.61. The van der Waals surface area contributed by atoms with Crippen molar-refractivity contribution in [2.24, 2.45) is 23.7 Å². The fourth-order valence-electron chi connectivity index (χ4n) is 9.49. The number of hydrogen-bond donors (Lipinski definition) is 2. The minimum atomic E-state index is -4.01. The third-order valence-electron chi connectivity index (χ3n) is 11.4. The summed E-state index contributed by atoms with van der Waals surface area (Å²) >= 11 is -0.316. The minimum Gasteiger partial charge on any atom is -0.473 e. The van der Waals surface area contributed by atoms with E-state index in [1.807, 2.05) is 11.8 Å². The fraction of sp³-hybridized carbons (Fsp3) is 0.903. The predicted molar refractivity (Wildman–Crippen MR) is 170 cm³/mol. The van der Waals surface area contributed by atoms with Crippen LogP contribution in [0.5, 0.6) is 0 Å². The maximum Gasteiger partial charge on any atom is 0.301 e. The zero-order valence-corrected chi connectivity index (χ0v) is 27.8. The summed E-state index contributed by atoms with van der Waals surface area (Å²) in [7, 11) is -4.01. The third kappa shape index (κ3) is 7.84. The molecule has 0 amide bonds. The molecule has 2 aliphatic heterocycles. The molecule has 0 bridgehead atoms. The molecular weight excluding hydrogens is 609 g/mol. The summed E-state index contributed by atoms with van der Waals surface area (Å²) in [4.78, 5) is 2.42. The van der Waals surface area contributed by atoms with Gasteiger partial charge in [0.1, 0.15) is 12.6 Å². The molecule has 1 saturated heterocycles. The second-order valence-corrected chi connectivity index (χ2v) is 17.4. The summed E-state index contributed by atoms with van der Waals surface area (Å²) in [5, 5.41) is 1.67. The van der Waals surface area contributed by atoms with E-state index < -0.39 is 21.5 Å². The Morgan fingerprint density at radius 3 is 2.51 bits per heavy atom. The van der Waals surface area contributed by atoms with Gasteiger partial charge in [0.15, 0.2) is 11.9 Å². The van der Waals surface area contributed by atoms with E-state index in [0.717, 1.165) is 36.5 Å². The van der Waals surface area contributed by atoms with Gasteiger partial charge in [-0.3, -0.25) is 13.3 Å². The zero-order chi connectivity index (χ0) is 30.0. The Morgan fingerprint density at radius 2 is 1.72 bits per heavy atom. The lowest BCUT2D eigenvalue weighted by Gasteiger charge is -2.40. The molecule has 0 spiro atoms. The highest BCUT2D eigenvalue weighted by atomic mass is 32.2. The monoisotopic (exact) mass is 659 g/mol. The van der Waals surface area contributed by atoms with Crippen LogP contribution in [0.1, 0.15) is 103 Å². The largest absolute Gasteiger partial charge is 0.473 e. The number of rotatable bonds is 11. The fourth-order valence-corrected chi connectivity index (χ4v) is 11.8. The average Bonchev–Trinajstić information content (AvgIpc) is 3.52. The number of fused-ring (bicyclic) bond motifs is 4. The first kappa shape index (κ1) is 32.3. The Hall–Kier alpha value is -0.660. The SMILES string of the molecule is O=S(O)OCCCN1C(=CC2=[N+](CCCS(=O)(=O)O)C3C(CCC4CCCCC43)S2)OC2CCC(C3CCCCC3)CC21. The molecule has 4 aliphatic carbocycles. The van der Waals surface area contributed by atoms with Crippen molar-refractivity contribution in [3.05, 3.63) is 12.0 Å². The number of ether oxygens (including phenoxy) is 1. The van der Waals surface area contributed by atoms with E-state index in [1.165, 1.54) is 82.1 Å². The van der Waals surface area contributed by atoms with Gasteiger partial charge >= 0.3 is 11.4 Å². The molecule has 8 atom stereocenters. The Morgan fingerprint density at radius 1 is 0.977 bits per heavy atom. The Balaban J connectivity index is 1.27. The van der Waals surface area contributed by atoms with E-state index in [4.69, 9.17) is 13.5 Å². The molecule has 0 aromatic heterocycles. The Kier molecular flexibility index (Phi) is 10.8. The van der Waals surface area contributed by atoms with Crippen molar-refractivity contribution < 1.29 is 35.2 Å². The van der Waals surface area contributed by atoms with Crippen LogP contribution in [0, 0.1) is 23.7 Å². The summed E-state index contributed by atoms with van der Waals surface area (Å²) in [6, 6.07) is 0.703. The quantitative estimate of drug-likeness (QED) is 0.127. The number of hydrogen-bond acceptors (Lipinski definition) is 7. The van der Waals surface area contributed by atoms with Gasteiger partial charge < -0.3 is 9.64 Å². The first-order chi connectivity index (χ1) is 20.8. The smallest absolute Gasteiger partial charge is 0.301 e. The van der Waals surface area contributed by atoms with E-state index >= 15 is 0 Å². The predicted octanol–water partition coefficient (Wildman–Crippen LogP) is 5.59. The molecule has 5 fully saturated rings. The molecule has 8 unspecified atom stereocenters. The molecule has 2 heterocycles. The lowest BCUT2D eigenvalue weighted by molar-refractivity contribution is -0.572. The maximum atomic E-state index is 11.6. The molecule has 0 aromatic carbocycles. The zero-order valence-electron chi connectivity index (χ0n) is 25.4. The van der Waals surface area contributed by atoms with Crippen molar-refractivity contribution in [1.29, 1.82) is 0 Å². The topological polar surface area (TPSA) is 116 Å². The minimum absolute atomic E-state index is 0.156. The van der Waals surface area contributed by atoms with Gasteiger partial charge in [-0.15, -0.1) is 0 Å². The summed E-state index contributed by atoms with van der Waals surface area (Å²) in [6.07, 6.45) is 21.2. The molecule has 12 heteroatoms. The molecular formula is C31H51N2O7S3+. The Bertz CT molecular complexity index is 1170. The first-order valence-corrected chi connectivity index (χ1v) is 20.4. The van der Waals surface area contributed by atoms with Gasteiger partial charge in [0, 0.05) is 18.9 Å². The van der Waals surface area contributed by atoms with Crippen molar-refractivity contribution in [2.45, 2.75) is 126 Å². The van der Waals surface area contributed by atoms with E-state index in [1.54, 1.807) is 0 Å². The molecule has 6 rings (SSSR count). The highest BCUT2D eigenvalue weighted by molar-refractivity contribution is 8.14. The highest BCUT2D eigenvalue weighted by Gasteiger charge is 2.53. The van der Waals surface area contributed by atoms with Gasteiger partial charge in [-0.1, -0.05) is 44.9 Å². The van der Waals surface area contributed by atoms with E-state index in [2.05, 4.69) is 15.6 Å². The second kappa shape index (κ2) is 14.4. The van der Waals surface area contributed by atoms with Gasteiger partial charge in [0.25, 0.3) is 10.1 Å². The van der Waals surface area contributed by atoms with Crippen LogP contribution in [0.4, 0.5) is 0 Å². The van der Waals surface area contributed by atoms with Crippen LogP contribution < -0.4 is 0 Å². The van der Waals surface area contributed by atoms with Crippen molar-refractivity contribution in [1.82, 2.24) is 4.90 Å². The standard InChI is InChI=1S/C31H50N2O7S3/c34-42(35)39-18-6-16-32-26-20-24(22-8-2-1-3-9-22)12-14-27(26)40-29(32)21-30-33(17-7-19-43(36,37)38)31-25-11-5-4-10-23(25)13-15-28(31)41-30/h21-28,31H,1-20H2,(H-,34,35,36,37,38)/p+1. The van der Waals surface area contributed by atoms with Crippen molar-refractivity contribution in [3.63, 3.8) is 0 Å². The van der Waals surface area contributed by atoms with Crippen LogP contribution in [0.25, 0.3) is 0 Å². The van der Waals surface area contributed by atoms with E-state index in [9.17, 15) is 17.2 Å². The molecule has 244 valence electrons. The lowest BCUT2D eigenvalue weighted by atomic mass is 9.68. The summed E-state index contributed by atoms with van der Waals surface area (Å²) < 4.78 is 67.2. The molecule has 4 saturated carbocycles. The van der Waals surface area contributed by atoms with Gasteiger partial charge in [0.2, 0.25) is 5.04 Å². The summed E-state index contributed by atoms with van der Waals surface area (Å²) in [6.45, 7) is 1.54. The first-order valence-electron chi connectivity index (χ1n) is 16.9.